The fraction of sp³-hybridized carbons (Fsp3) is 0.600. The second-order valence-electron chi connectivity index (χ2n) is 5.99. The van der Waals surface area contributed by atoms with Crippen LogP contribution in [-0.4, -0.2) is 14.5 Å². The summed E-state index contributed by atoms with van der Waals surface area (Å²) in [5, 5.41) is 0. The lowest BCUT2D eigenvalue weighted by Gasteiger charge is -2.34. The van der Waals surface area contributed by atoms with E-state index in [1.54, 1.807) is 12.1 Å². The van der Waals surface area contributed by atoms with Gasteiger partial charge in [-0.1, -0.05) is 42.6 Å². The highest BCUT2D eigenvalue weighted by Crippen LogP contribution is 2.32. The molecule has 0 radical (unpaired) electrons. The van der Waals surface area contributed by atoms with E-state index in [2.05, 4.69) is 50.4 Å². The van der Waals surface area contributed by atoms with E-state index in [0.717, 1.165) is 23.7 Å². The number of nitrogens with one attached hydrogen (secondary N) is 1. The molecule has 1 N–H and O–H groups in total. The van der Waals surface area contributed by atoms with Gasteiger partial charge in [0.25, 0.3) is 0 Å². The molecule has 1 aromatic carbocycles. The zero-order chi connectivity index (χ0) is 15.6. The van der Waals surface area contributed by atoms with Crippen molar-refractivity contribution in [2.75, 3.05) is 0 Å². The molecule has 2 rings (SSSR count). The van der Waals surface area contributed by atoms with Crippen molar-refractivity contribution in [3.8, 4) is 0 Å². The van der Waals surface area contributed by atoms with Gasteiger partial charge in [0.05, 0.1) is 4.90 Å². The Morgan fingerprint density at radius 1 is 1.19 bits per heavy atom. The molecular weight excluding hydrogens is 418 g/mol. The highest BCUT2D eigenvalue weighted by atomic mass is 79.9. The Kier molecular flexibility index (Phi) is 5.91. The molecule has 0 bridgehead atoms. The highest BCUT2D eigenvalue weighted by Gasteiger charge is 2.31. The number of hydrogen-bond acceptors (Lipinski definition) is 2. The summed E-state index contributed by atoms with van der Waals surface area (Å²) in [7, 11) is -3.51. The number of benzene rings is 1. The second kappa shape index (κ2) is 7.11. The molecule has 1 aliphatic carbocycles. The van der Waals surface area contributed by atoms with Crippen LogP contribution in [0.3, 0.4) is 0 Å². The minimum atomic E-state index is -3.51. The first-order valence-electron chi connectivity index (χ1n) is 7.28. The predicted octanol–water partition coefficient (Wildman–Crippen LogP) is 4.70. The molecular formula is C15H21Br2NO2S. The van der Waals surface area contributed by atoms with Gasteiger partial charge in [-0.2, -0.15) is 0 Å². The Hall–Kier alpha value is 0.0900. The lowest BCUT2D eigenvalue weighted by atomic mass is 9.78. The normalized spacial score (nSPS) is 23.5. The van der Waals surface area contributed by atoms with Crippen LogP contribution in [0.25, 0.3) is 0 Å². The SMILES string of the molecule is CC(C)C1CCCCC1NS(=O)(=O)c1cc(Br)ccc1Br. The van der Waals surface area contributed by atoms with Gasteiger partial charge in [0, 0.05) is 15.0 Å². The molecule has 1 saturated carbocycles. The van der Waals surface area contributed by atoms with Crippen LogP contribution in [0, 0.1) is 11.8 Å². The van der Waals surface area contributed by atoms with E-state index in [1.165, 1.54) is 6.42 Å². The Bertz CT molecular complexity index is 602. The van der Waals surface area contributed by atoms with E-state index in [-0.39, 0.29) is 6.04 Å². The molecule has 0 aromatic heterocycles. The third kappa shape index (κ3) is 4.30. The predicted molar refractivity (Wildman–Crippen MR) is 92.7 cm³/mol. The first-order chi connectivity index (χ1) is 9.81. The lowest BCUT2D eigenvalue weighted by Crippen LogP contribution is -2.43. The van der Waals surface area contributed by atoms with Crippen molar-refractivity contribution in [2.24, 2.45) is 11.8 Å². The molecule has 3 nitrogen and oxygen atoms in total. The van der Waals surface area contributed by atoms with Gasteiger partial charge in [-0.25, -0.2) is 13.1 Å². The Morgan fingerprint density at radius 2 is 1.86 bits per heavy atom. The average Bonchev–Trinajstić information content (AvgIpc) is 2.41. The first kappa shape index (κ1) is 17.4. The van der Waals surface area contributed by atoms with Crippen LogP contribution in [0.15, 0.2) is 32.0 Å². The van der Waals surface area contributed by atoms with Crippen molar-refractivity contribution in [3.05, 3.63) is 27.1 Å². The highest BCUT2D eigenvalue weighted by molar-refractivity contribution is 9.11. The Balaban J connectivity index is 2.25. The van der Waals surface area contributed by atoms with Crippen molar-refractivity contribution in [1.29, 1.82) is 0 Å². The van der Waals surface area contributed by atoms with Gasteiger partial charge in [0.2, 0.25) is 10.0 Å². The van der Waals surface area contributed by atoms with Gasteiger partial charge in [-0.3, -0.25) is 0 Å². The van der Waals surface area contributed by atoms with Crippen molar-refractivity contribution < 1.29 is 8.42 Å². The van der Waals surface area contributed by atoms with Crippen LogP contribution < -0.4 is 4.72 Å². The fourth-order valence-corrected chi connectivity index (χ4v) is 5.87. The standard InChI is InChI=1S/C15H21Br2NO2S/c1-10(2)12-5-3-4-6-14(12)18-21(19,20)15-9-11(16)7-8-13(15)17/h7-10,12,14,18H,3-6H2,1-2H3. The average molecular weight is 439 g/mol. The fourth-order valence-electron chi connectivity index (χ4n) is 3.05. The maximum absolute atomic E-state index is 12.7. The Labute approximate surface area is 144 Å². The van der Waals surface area contributed by atoms with Gasteiger partial charge >= 0.3 is 0 Å². The molecule has 0 saturated heterocycles. The second-order valence-corrected chi connectivity index (χ2v) is 9.45. The summed E-state index contributed by atoms with van der Waals surface area (Å²) in [6, 6.07) is 5.24. The maximum Gasteiger partial charge on any atom is 0.241 e. The first-order valence-corrected chi connectivity index (χ1v) is 10.4. The molecule has 0 heterocycles. The molecule has 2 atom stereocenters. The van der Waals surface area contributed by atoms with E-state index in [0.29, 0.717) is 21.2 Å². The number of rotatable bonds is 4. The molecule has 118 valence electrons. The maximum atomic E-state index is 12.7. The van der Waals surface area contributed by atoms with Gasteiger partial charge in [0.1, 0.15) is 0 Å². The van der Waals surface area contributed by atoms with Crippen LogP contribution >= 0.6 is 31.9 Å². The molecule has 21 heavy (non-hydrogen) atoms. The van der Waals surface area contributed by atoms with Crippen molar-refractivity contribution >= 4 is 41.9 Å². The van der Waals surface area contributed by atoms with E-state index in [4.69, 9.17) is 0 Å². The van der Waals surface area contributed by atoms with Gasteiger partial charge in [-0.05, 0) is 58.8 Å². The molecule has 0 spiro atoms. The van der Waals surface area contributed by atoms with Crippen molar-refractivity contribution in [2.45, 2.75) is 50.5 Å². The Morgan fingerprint density at radius 3 is 2.52 bits per heavy atom. The van der Waals surface area contributed by atoms with Gasteiger partial charge in [0.15, 0.2) is 0 Å². The smallest absolute Gasteiger partial charge is 0.208 e. The zero-order valence-electron chi connectivity index (χ0n) is 12.3. The zero-order valence-corrected chi connectivity index (χ0v) is 16.3. The van der Waals surface area contributed by atoms with Crippen LogP contribution in [0.4, 0.5) is 0 Å². The summed E-state index contributed by atoms with van der Waals surface area (Å²) in [6.45, 7) is 4.35. The third-order valence-electron chi connectivity index (χ3n) is 4.17. The lowest BCUT2D eigenvalue weighted by molar-refractivity contribution is 0.226. The monoisotopic (exact) mass is 437 g/mol. The molecule has 1 aromatic rings. The summed E-state index contributed by atoms with van der Waals surface area (Å²) in [5.41, 5.74) is 0. The van der Waals surface area contributed by atoms with E-state index in [1.807, 2.05) is 6.07 Å². The van der Waals surface area contributed by atoms with Gasteiger partial charge in [-0.15, -0.1) is 0 Å². The topological polar surface area (TPSA) is 46.2 Å². The summed E-state index contributed by atoms with van der Waals surface area (Å²) >= 11 is 6.67. The molecule has 2 unspecified atom stereocenters. The summed E-state index contributed by atoms with van der Waals surface area (Å²) in [5.74, 6) is 0.906. The van der Waals surface area contributed by atoms with Crippen LogP contribution in [0.5, 0.6) is 0 Å². The summed E-state index contributed by atoms with van der Waals surface area (Å²) < 4.78 is 29.6. The minimum absolute atomic E-state index is 0.0367. The summed E-state index contributed by atoms with van der Waals surface area (Å²) in [6.07, 6.45) is 4.32. The summed E-state index contributed by atoms with van der Waals surface area (Å²) in [4.78, 5) is 0.296. The minimum Gasteiger partial charge on any atom is -0.208 e. The number of hydrogen-bond donors (Lipinski definition) is 1. The molecule has 1 fully saturated rings. The molecule has 1 aliphatic rings. The van der Waals surface area contributed by atoms with E-state index in [9.17, 15) is 8.42 Å². The van der Waals surface area contributed by atoms with Crippen LogP contribution in [0.1, 0.15) is 39.5 Å². The third-order valence-corrected chi connectivity index (χ3v) is 7.14. The van der Waals surface area contributed by atoms with Crippen molar-refractivity contribution in [1.82, 2.24) is 4.72 Å². The van der Waals surface area contributed by atoms with E-state index >= 15 is 0 Å². The van der Waals surface area contributed by atoms with Crippen LogP contribution in [0.2, 0.25) is 0 Å². The molecule has 6 heteroatoms. The number of halogens is 2. The van der Waals surface area contributed by atoms with Crippen molar-refractivity contribution in [3.63, 3.8) is 0 Å². The van der Waals surface area contributed by atoms with Gasteiger partial charge < -0.3 is 0 Å². The molecule has 0 aliphatic heterocycles. The largest absolute Gasteiger partial charge is 0.241 e. The quantitative estimate of drug-likeness (QED) is 0.739. The number of sulfonamides is 1. The van der Waals surface area contributed by atoms with E-state index < -0.39 is 10.0 Å². The van der Waals surface area contributed by atoms with Crippen LogP contribution in [-0.2, 0) is 10.0 Å². The molecule has 0 amide bonds.